The molecule has 0 bridgehead atoms. The number of benzene rings is 1. The Hall–Kier alpha value is -2.14. The van der Waals surface area contributed by atoms with E-state index in [1.807, 2.05) is 44.2 Å². The average Bonchev–Trinajstić information content (AvgIpc) is 2.38. The highest BCUT2D eigenvalue weighted by Crippen LogP contribution is 2.25. The van der Waals surface area contributed by atoms with Crippen molar-refractivity contribution in [3.05, 3.63) is 47.7 Å². The predicted molar refractivity (Wildman–Crippen MR) is 82.5 cm³/mol. The number of hydrogen-bond donors (Lipinski definition) is 1. The summed E-state index contributed by atoms with van der Waals surface area (Å²) >= 11 is 4.98. The van der Waals surface area contributed by atoms with Gasteiger partial charge in [0.2, 0.25) is 5.88 Å². The lowest BCUT2D eigenvalue weighted by Gasteiger charge is -2.09. The predicted octanol–water partition coefficient (Wildman–Crippen LogP) is 3.22. The molecule has 2 aromatic rings. The molecule has 20 heavy (non-hydrogen) atoms. The molecule has 0 fully saturated rings. The molecule has 0 aliphatic heterocycles. The van der Waals surface area contributed by atoms with Crippen LogP contribution in [0.25, 0.3) is 0 Å². The summed E-state index contributed by atoms with van der Waals surface area (Å²) in [6, 6.07) is 10.9. The number of aromatic nitrogens is 1. The fourth-order valence-electron chi connectivity index (χ4n) is 1.75. The van der Waals surface area contributed by atoms with Gasteiger partial charge in [0.15, 0.2) is 0 Å². The van der Waals surface area contributed by atoms with Gasteiger partial charge in [-0.25, -0.2) is 4.98 Å². The third kappa shape index (κ3) is 3.68. The maximum absolute atomic E-state index is 5.73. The van der Waals surface area contributed by atoms with Crippen LogP contribution in [-0.4, -0.2) is 16.6 Å². The largest absolute Gasteiger partial charge is 0.494 e. The van der Waals surface area contributed by atoms with E-state index in [4.69, 9.17) is 27.4 Å². The molecule has 0 unspecified atom stereocenters. The minimum Gasteiger partial charge on any atom is -0.494 e. The molecule has 0 aliphatic rings. The second-order valence-corrected chi connectivity index (χ2v) is 4.65. The second-order valence-electron chi connectivity index (χ2n) is 4.21. The van der Waals surface area contributed by atoms with Crippen LogP contribution < -0.4 is 15.2 Å². The van der Waals surface area contributed by atoms with E-state index < -0.39 is 0 Å². The summed E-state index contributed by atoms with van der Waals surface area (Å²) in [5, 5.41) is 0. The molecule has 1 aromatic carbocycles. The van der Waals surface area contributed by atoms with Gasteiger partial charge in [-0.2, -0.15) is 0 Å². The maximum atomic E-state index is 5.73. The summed E-state index contributed by atoms with van der Waals surface area (Å²) in [5.41, 5.74) is 7.17. The topological polar surface area (TPSA) is 57.4 Å². The van der Waals surface area contributed by atoms with Crippen molar-refractivity contribution in [2.75, 3.05) is 6.61 Å². The molecule has 0 saturated heterocycles. The molecule has 0 radical (unpaired) electrons. The number of nitrogens with two attached hydrogens (primary N) is 1. The summed E-state index contributed by atoms with van der Waals surface area (Å²) in [4.78, 5) is 4.63. The van der Waals surface area contributed by atoms with Gasteiger partial charge in [-0.1, -0.05) is 18.3 Å². The number of thiocarbonyl (C=S) groups is 1. The quantitative estimate of drug-likeness (QED) is 0.856. The van der Waals surface area contributed by atoms with Crippen molar-refractivity contribution in [3.8, 4) is 17.4 Å². The number of hydrogen-bond acceptors (Lipinski definition) is 4. The van der Waals surface area contributed by atoms with Crippen LogP contribution in [0.3, 0.4) is 0 Å². The number of pyridine rings is 1. The van der Waals surface area contributed by atoms with Crippen molar-refractivity contribution in [1.29, 1.82) is 0 Å². The number of nitrogens with zero attached hydrogens (tertiary/aromatic N) is 1. The Morgan fingerprint density at radius 2 is 2.00 bits per heavy atom. The molecule has 0 amide bonds. The second kappa shape index (κ2) is 6.34. The van der Waals surface area contributed by atoms with E-state index in [2.05, 4.69) is 4.98 Å². The first-order valence-electron chi connectivity index (χ1n) is 6.27. The third-order valence-corrected chi connectivity index (χ3v) is 2.79. The Labute approximate surface area is 123 Å². The number of rotatable bonds is 5. The Morgan fingerprint density at radius 1 is 1.25 bits per heavy atom. The van der Waals surface area contributed by atoms with Gasteiger partial charge in [0, 0.05) is 23.4 Å². The molecule has 2 rings (SSSR count). The van der Waals surface area contributed by atoms with E-state index in [0.29, 0.717) is 23.2 Å². The van der Waals surface area contributed by atoms with Gasteiger partial charge >= 0.3 is 0 Å². The molecule has 1 aromatic heterocycles. The molecular weight excluding hydrogens is 272 g/mol. The first-order chi connectivity index (χ1) is 9.58. The van der Waals surface area contributed by atoms with E-state index in [1.165, 1.54) is 0 Å². The van der Waals surface area contributed by atoms with Crippen molar-refractivity contribution >= 4 is 17.2 Å². The molecule has 1 heterocycles. The van der Waals surface area contributed by atoms with Crippen LogP contribution in [-0.2, 0) is 0 Å². The first kappa shape index (κ1) is 14.3. The highest BCUT2D eigenvalue weighted by atomic mass is 32.1. The lowest BCUT2D eigenvalue weighted by atomic mass is 10.2. The van der Waals surface area contributed by atoms with Crippen LogP contribution in [0.1, 0.15) is 18.2 Å². The molecule has 0 spiro atoms. The first-order valence-corrected chi connectivity index (χ1v) is 6.68. The Balaban J connectivity index is 2.25. The SMILES string of the molecule is CCOc1cccc(Oc2cc(C(N)=S)cc(C)n2)c1. The normalized spacial score (nSPS) is 10.1. The van der Waals surface area contributed by atoms with Gasteiger partial charge in [0.25, 0.3) is 0 Å². The average molecular weight is 288 g/mol. The van der Waals surface area contributed by atoms with E-state index >= 15 is 0 Å². The van der Waals surface area contributed by atoms with E-state index in [9.17, 15) is 0 Å². The zero-order valence-electron chi connectivity index (χ0n) is 11.4. The van der Waals surface area contributed by atoms with Gasteiger partial charge in [-0.3, -0.25) is 0 Å². The molecule has 2 N–H and O–H groups in total. The highest BCUT2D eigenvalue weighted by molar-refractivity contribution is 7.80. The third-order valence-electron chi connectivity index (χ3n) is 2.55. The smallest absolute Gasteiger partial charge is 0.220 e. The van der Waals surface area contributed by atoms with Crippen molar-refractivity contribution < 1.29 is 9.47 Å². The monoisotopic (exact) mass is 288 g/mol. The van der Waals surface area contributed by atoms with Crippen molar-refractivity contribution in [3.63, 3.8) is 0 Å². The molecule has 4 nitrogen and oxygen atoms in total. The summed E-state index contributed by atoms with van der Waals surface area (Å²) < 4.78 is 11.2. The van der Waals surface area contributed by atoms with Crippen LogP contribution in [0.15, 0.2) is 36.4 Å². The van der Waals surface area contributed by atoms with Gasteiger partial charge in [-0.05, 0) is 32.0 Å². The lowest BCUT2D eigenvalue weighted by molar-refractivity contribution is 0.338. The summed E-state index contributed by atoms with van der Waals surface area (Å²) in [6.07, 6.45) is 0. The summed E-state index contributed by atoms with van der Waals surface area (Å²) in [7, 11) is 0. The van der Waals surface area contributed by atoms with Gasteiger partial charge in [-0.15, -0.1) is 0 Å². The molecular formula is C15H16N2O2S. The van der Waals surface area contributed by atoms with Crippen LogP contribution in [0.5, 0.6) is 17.4 Å². The van der Waals surface area contributed by atoms with E-state index in [0.717, 1.165) is 17.0 Å². The van der Waals surface area contributed by atoms with E-state index in [1.54, 1.807) is 6.07 Å². The molecule has 0 aliphatic carbocycles. The Morgan fingerprint density at radius 3 is 2.70 bits per heavy atom. The van der Waals surface area contributed by atoms with E-state index in [-0.39, 0.29) is 0 Å². The van der Waals surface area contributed by atoms with Gasteiger partial charge in [0.05, 0.1) is 6.61 Å². The Kier molecular flexibility index (Phi) is 4.53. The minimum absolute atomic E-state index is 0.323. The highest BCUT2D eigenvalue weighted by Gasteiger charge is 2.05. The standard InChI is InChI=1S/C15H16N2O2S/c1-3-18-12-5-4-6-13(9-12)19-14-8-11(15(16)20)7-10(2)17-14/h4-9H,3H2,1-2H3,(H2,16,20). The molecule has 0 saturated carbocycles. The van der Waals surface area contributed by atoms with Crippen LogP contribution in [0.2, 0.25) is 0 Å². The van der Waals surface area contributed by atoms with Crippen molar-refractivity contribution in [2.45, 2.75) is 13.8 Å². The number of ether oxygens (including phenoxy) is 2. The van der Waals surface area contributed by atoms with Crippen molar-refractivity contribution in [1.82, 2.24) is 4.98 Å². The fraction of sp³-hybridized carbons (Fsp3) is 0.200. The van der Waals surface area contributed by atoms with Crippen LogP contribution >= 0.6 is 12.2 Å². The summed E-state index contributed by atoms with van der Waals surface area (Å²) in [6.45, 7) is 4.41. The van der Waals surface area contributed by atoms with Crippen LogP contribution in [0, 0.1) is 6.92 Å². The van der Waals surface area contributed by atoms with Gasteiger partial charge in [0.1, 0.15) is 16.5 Å². The molecule has 0 atom stereocenters. The fourth-order valence-corrected chi connectivity index (χ4v) is 1.87. The molecule has 104 valence electrons. The van der Waals surface area contributed by atoms with Gasteiger partial charge < -0.3 is 15.2 Å². The maximum Gasteiger partial charge on any atom is 0.220 e. The number of aryl methyl sites for hydroxylation is 1. The zero-order chi connectivity index (χ0) is 14.5. The Bertz CT molecular complexity index is 629. The van der Waals surface area contributed by atoms with Crippen molar-refractivity contribution in [2.24, 2.45) is 5.73 Å². The lowest BCUT2D eigenvalue weighted by Crippen LogP contribution is -2.10. The summed E-state index contributed by atoms with van der Waals surface area (Å²) in [5.74, 6) is 1.87. The molecule has 5 heteroatoms. The zero-order valence-corrected chi connectivity index (χ0v) is 12.2. The van der Waals surface area contributed by atoms with Crippen LogP contribution in [0.4, 0.5) is 0 Å². The minimum atomic E-state index is 0.323.